The van der Waals surface area contributed by atoms with E-state index in [4.69, 9.17) is 14.5 Å². The second-order valence-electron chi connectivity index (χ2n) is 6.28. The molecular weight excluding hydrogens is 362 g/mol. The highest BCUT2D eigenvalue weighted by atomic mass is 32.1. The number of ether oxygens (including phenoxy) is 2. The molecule has 7 heteroatoms. The van der Waals surface area contributed by atoms with Crippen molar-refractivity contribution in [3.63, 3.8) is 0 Å². The highest BCUT2D eigenvalue weighted by molar-refractivity contribution is 7.22. The van der Waals surface area contributed by atoms with E-state index in [0.717, 1.165) is 23.7 Å². The molecule has 1 aliphatic rings. The number of methoxy groups -OCH3 is 2. The SMILES string of the molecule is COc1cccc(C(=O)N2CCN(c3nc4ccccc4s3)CC2)c1OC. The third-order valence-corrected chi connectivity index (χ3v) is 5.85. The summed E-state index contributed by atoms with van der Waals surface area (Å²) in [5.41, 5.74) is 1.56. The van der Waals surface area contributed by atoms with E-state index in [-0.39, 0.29) is 5.91 Å². The molecule has 2 heterocycles. The molecule has 27 heavy (non-hydrogen) atoms. The Morgan fingerprint density at radius 2 is 1.78 bits per heavy atom. The van der Waals surface area contributed by atoms with Crippen LogP contribution in [0.15, 0.2) is 42.5 Å². The van der Waals surface area contributed by atoms with E-state index in [9.17, 15) is 4.79 Å². The van der Waals surface area contributed by atoms with Crippen LogP contribution in [0.1, 0.15) is 10.4 Å². The summed E-state index contributed by atoms with van der Waals surface area (Å²) >= 11 is 1.70. The van der Waals surface area contributed by atoms with Crippen molar-refractivity contribution in [3.8, 4) is 11.5 Å². The number of nitrogens with zero attached hydrogens (tertiary/aromatic N) is 3. The van der Waals surface area contributed by atoms with Gasteiger partial charge in [0.05, 0.1) is 30.0 Å². The fourth-order valence-corrected chi connectivity index (χ4v) is 4.34. The Hall–Kier alpha value is -2.80. The number of para-hydroxylation sites is 2. The highest BCUT2D eigenvalue weighted by Gasteiger charge is 2.26. The van der Waals surface area contributed by atoms with Crippen molar-refractivity contribution >= 4 is 32.6 Å². The minimum atomic E-state index is -0.0327. The minimum Gasteiger partial charge on any atom is -0.493 e. The molecule has 140 valence electrons. The topological polar surface area (TPSA) is 54.9 Å². The van der Waals surface area contributed by atoms with Crippen LogP contribution in [-0.4, -0.2) is 56.2 Å². The molecule has 1 aromatic heterocycles. The molecule has 4 rings (SSSR count). The average molecular weight is 383 g/mol. The van der Waals surface area contributed by atoms with Crippen LogP contribution in [-0.2, 0) is 0 Å². The quantitative estimate of drug-likeness (QED) is 0.692. The number of carbonyl (C=O) groups excluding carboxylic acids is 1. The summed E-state index contributed by atoms with van der Waals surface area (Å²) < 4.78 is 11.9. The molecule has 0 atom stereocenters. The first-order chi connectivity index (χ1) is 13.2. The molecule has 0 saturated carbocycles. The van der Waals surface area contributed by atoms with E-state index in [1.165, 1.54) is 4.70 Å². The van der Waals surface area contributed by atoms with Crippen LogP contribution in [0.25, 0.3) is 10.2 Å². The average Bonchev–Trinajstić information content (AvgIpc) is 3.17. The molecule has 0 unspecified atom stereocenters. The van der Waals surface area contributed by atoms with Gasteiger partial charge in [0, 0.05) is 26.2 Å². The van der Waals surface area contributed by atoms with E-state index in [1.807, 2.05) is 29.2 Å². The third-order valence-electron chi connectivity index (χ3n) is 4.75. The second-order valence-corrected chi connectivity index (χ2v) is 7.29. The Balaban J connectivity index is 1.48. The smallest absolute Gasteiger partial charge is 0.257 e. The van der Waals surface area contributed by atoms with Gasteiger partial charge in [-0.1, -0.05) is 29.5 Å². The minimum absolute atomic E-state index is 0.0327. The molecule has 0 N–H and O–H groups in total. The van der Waals surface area contributed by atoms with E-state index in [1.54, 1.807) is 37.7 Å². The lowest BCUT2D eigenvalue weighted by Crippen LogP contribution is -2.48. The first-order valence-corrected chi connectivity index (χ1v) is 9.63. The Morgan fingerprint density at radius 1 is 1.00 bits per heavy atom. The summed E-state index contributed by atoms with van der Waals surface area (Å²) in [4.78, 5) is 21.8. The fraction of sp³-hybridized carbons (Fsp3) is 0.300. The van der Waals surface area contributed by atoms with Gasteiger partial charge in [0.15, 0.2) is 16.6 Å². The van der Waals surface area contributed by atoms with Crippen LogP contribution in [0, 0.1) is 0 Å². The molecule has 1 fully saturated rings. The number of amides is 1. The van der Waals surface area contributed by atoms with Crippen LogP contribution in [0.5, 0.6) is 11.5 Å². The summed E-state index contributed by atoms with van der Waals surface area (Å²) in [6.45, 7) is 2.82. The van der Waals surface area contributed by atoms with Crippen LogP contribution in [0.2, 0.25) is 0 Å². The van der Waals surface area contributed by atoms with Gasteiger partial charge in [0.25, 0.3) is 5.91 Å². The van der Waals surface area contributed by atoms with Crippen molar-refractivity contribution in [1.29, 1.82) is 0 Å². The van der Waals surface area contributed by atoms with Gasteiger partial charge in [0.1, 0.15) is 0 Å². The van der Waals surface area contributed by atoms with Crippen molar-refractivity contribution in [2.24, 2.45) is 0 Å². The Morgan fingerprint density at radius 3 is 2.48 bits per heavy atom. The van der Waals surface area contributed by atoms with Crippen LogP contribution in [0.3, 0.4) is 0 Å². The lowest BCUT2D eigenvalue weighted by molar-refractivity contribution is 0.0742. The fourth-order valence-electron chi connectivity index (χ4n) is 3.32. The van der Waals surface area contributed by atoms with Gasteiger partial charge in [-0.3, -0.25) is 4.79 Å². The predicted octanol–water partition coefficient (Wildman–Crippen LogP) is 3.28. The highest BCUT2D eigenvalue weighted by Crippen LogP contribution is 2.32. The van der Waals surface area contributed by atoms with E-state index in [0.29, 0.717) is 30.2 Å². The number of piperazine rings is 1. The van der Waals surface area contributed by atoms with Crippen LogP contribution < -0.4 is 14.4 Å². The number of aromatic nitrogens is 1. The molecule has 2 aromatic carbocycles. The standard InChI is InChI=1S/C20H21N3O3S/c1-25-16-8-5-6-14(18(16)26-2)19(24)22-10-12-23(13-11-22)20-21-15-7-3-4-9-17(15)27-20/h3-9H,10-13H2,1-2H3. The molecule has 1 amide bonds. The van der Waals surface area contributed by atoms with Gasteiger partial charge in [-0.15, -0.1) is 0 Å². The molecule has 3 aromatic rings. The summed E-state index contributed by atoms with van der Waals surface area (Å²) in [6.07, 6.45) is 0. The number of anilines is 1. The van der Waals surface area contributed by atoms with Gasteiger partial charge >= 0.3 is 0 Å². The number of benzene rings is 2. The zero-order chi connectivity index (χ0) is 18.8. The summed E-state index contributed by atoms with van der Waals surface area (Å²) in [5.74, 6) is 1.02. The number of carbonyl (C=O) groups is 1. The predicted molar refractivity (Wildman–Crippen MR) is 107 cm³/mol. The monoisotopic (exact) mass is 383 g/mol. The van der Waals surface area contributed by atoms with Crippen LogP contribution in [0.4, 0.5) is 5.13 Å². The molecule has 6 nitrogen and oxygen atoms in total. The van der Waals surface area contributed by atoms with Gasteiger partial charge in [0.2, 0.25) is 0 Å². The van der Waals surface area contributed by atoms with Crippen molar-refractivity contribution in [2.45, 2.75) is 0 Å². The summed E-state index contributed by atoms with van der Waals surface area (Å²) in [5, 5.41) is 1.02. The second kappa shape index (κ2) is 7.44. The number of hydrogen-bond acceptors (Lipinski definition) is 6. The Kier molecular flexibility index (Phi) is 4.85. The first kappa shape index (κ1) is 17.6. The van der Waals surface area contributed by atoms with Crippen molar-refractivity contribution in [2.75, 3.05) is 45.3 Å². The molecule has 1 aliphatic heterocycles. The summed E-state index contributed by atoms with van der Waals surface area (Å²) in [7, 11) is 3.13. The van der Waals surface area contributed by atoms with Crippen molar-refractivity contribution in [1.82, 2.24) is 9.88 Å². The number of thiazole rings is 1. The molecule has 0 radical (unpaired) electrons. The Labute approximate surface area is 161 Å². The zero-order valence-corrected chi connectivity index (χ0v) is 16.2. The summed E-state index contributed by atoms with van der Waals surface area (Å²) in [6, 6.07) is 13.5. The van der Waals surface area contributed by atoms with Gasteiger partial charge in [-0.2, -0.15) is 0 Å². The van der Waals surface area contributed by atoms with Gasteiger partial charge in [-0.25, -0.2) is 4.98 Å². The van der Waals surface area contributed by atoms with Crippen LogP contribution >= 0.6 is 11.3 Å². The zero-order valence-electron chi connectivity index (χ0n) is 15.3. The van der Waals surface area contributed by atoms with E-state index < -0.39 is 0 Å². The molecule has 1 saturated heterocycles. The lowest BCUT2D eigenvalue weighted by atomic mass is 10.1. The van der Waals surface area contributed by atoms with Gasteiger partial charge < -0.3 is 19.3 Å². The largest absolute Gasteiger partial charge is 0.493 e. The van der Waals surface area contributed by atoms with Gasteiger partial charge in [-0.05, 0) is 24.3 Å². The lowest BCUT2D eigenvalue weighted by Gasteiger charge is -2.34. The Bertz CT molecular complexity index is 931. The van der Waals surface area contributed by atoms with E-state index in [2.05, 4.69) is 11.0 Å². The maximum absolute atomic E-state index is 13.0. The molecule has 0 bridgehead atoms. The molecular formula is C20H21N3O3S. The maximum atomic E-state index is 13.0. The van der Waals surface area contributed by atoms with Crippen molar-refractivity contribution in [3.05, 3.63) is 48.0 Å². The maximum Gasteiger partial charge on any atom is 0.257 e. The third kappa shape index (κ3) is 3.30. The number of rotatable bonds is 4. The van der Waals surface area contributed by atoms with E-state index >= 15 is 0 Å². The molecule has 0 aliphatic carbocycles. The molecule has 0 spiro atoms. The first-order valence-electron chi connectivity index (χ1n) is 8.82. The number of fused-ring (bicyclic) bond motifs is 1. The van der Waals surface area contributed by atoms with Crippen molar-refractivity contribution < 1.29 is 14.3 Å². The number of hydrogen-bond donors (Lipinski definition) is 0. The normalized spacial score (nSPS) is 14.4.